The van der Waals surface area contributed by atoms with E-state index in [1.807, 2.05) is 18.2 Å². The van der Waals surface area contributed by atoms with Crippen LogP contribution >= 0.6 is 24.0 Å². The molecule has 1 aliphatic heterocycles. The van der Waals surface area contributed by atoms with Gasteiger partial charge in [0.25, 0.3) is 0 Å². The number of aryl methyl sites for hydroxylation is 1. The van der Waals surface area contributed by atoms with Gasteiger partial charge in [0.05, 0.1) is 12.8 Å². The number of piperidine rings is 1. The number of halogens is 1. The summed E-state index contributed by atoms with van der Waals surface area (Å²) in [5.41, 5.74) is 2.04. The summed E-state index contributed by atoms with van der Waals surface area (Å²) < 4.78 is 30.7. The lowest BCUT2D eigenvalue weighted by atomic mass is 9.98. The molecule has 2 aromatic rings. The highest BCUT2D eigenvalue weighted by Crippen LogP contribution is 2.24. The maximum atomic E-state index is 11.6. The topological polar surface area (TPSA) is 86.9 Å². The Kier molecular flexibility index (Phi) is 8.14. The summed E-state index contributed by atoms with van der Waals surface area (Å²) in [6, 6.07) is 8.02. The van der Waals surface area contributed by atoms with Crippen molar-refractivity contribution in [1.82, 2.24) is 14.9 Å². The van der Waals surface area contributed by atoms with Crippen molar-refractivity contribution in [2.24, 2.45) is 10.9 Å². The molecule has 0 radical (unpaired) electrons. The van der Waals surface area contributed by atoms with E-state index in [2.05, 4.69) is 28.6 Å². The fourth-order valence-corrected chi connectivity index (χ4v) is 4.34. The molecular formula is C19H29IN4O3S. The third-order valence-electron chi connectivity index (χ3n) is 5.18. The zero-order valence-corrected chi connectivity index (χ0v) is 19.7. The highest BCUT2D eigenvalue weighted by atomic mass is 127. The van der Waals surface area contributed by atoms with E-state index in [0.29, 0.717) is 25.6 Å². The highest BCUT2D eigenvalue weighted by molar-refractivity contribution is 14.0. The molecular weight excluding hydrogens is 491 g/mol. The van der Waals surface area contributed by atoms with E-state index >= 15 is 0 Å². The second kappa shape index (κ2) is 9.93. The Morgan fingerprint density at radius 1 is 1.25 bits per heavy atom. The van der Waals surface area contributed by atoms with Gasteiger partial charge in [-0.05, 0) is 31.7 Å². The molecule has 2 heterocycles. The highest BCUT2D eigenvalue weighted by Gasteiger charge is 2.24. The van der Waals surface area contributed by atoms with Gasteiger partial charge < -0.3 is 15.1 Å². The molecule has 1 aliphatic rings. The van der Waals surface area contributed by atoms with Crippen molar-refractivity contribution >= 4 is 50.9 Å². The van der Waals surface area contributed by atoms with Crippen LogP contribution in [0.5, 0.6) is 0 Å². The van der Waals surface area contributed by atoms with E-state index in [-0.39, 0.29) is 24.0 Å². The summed E-state index contributed by atoms with van der Waals surface area (Å²) >= 11 is 0. The standard InChI is InChI=1S/C19H28N4O3S.HI/c1-14-16-6-4-5-7-17(16)26-18(14)13-22-19(20-2)21-12-15-8-10-23(11-9-15)27(3,24)25;/h4-7,15H,8-13H2,1-3H3,(H2,20,21,22);1H. The first kappa shape index (κ1) is 23.0. The fraction of sp³-hybridized carbons (Fsp3) is 0.526. The molecule has 1 aromatic heterocycles. The van der Waals surface area contributed by atoms with Crippen LogP contribution in [-0.2, 0) is 16.6 Å². The largest absolute Gasteiger partial charge is 0.459 e. The van der Waals surface area contributed by atoms with E-state index in [1.165, 1.54) is 6.26 Å². The molecule has 0 atom stereocenters. The van der Waals surface area contributed by atoms with Crippen molar-refractivity contribution in [3.05, 3.63) is 35.6 Å². The van der Waals surface area contributed by atoms with Crippen LogP contribution in [0.3, 0.4) is 0 Å². The van der Waals surface area contributed by atoms with E-state index in [1.54, 1.807) is 11.4 Å². The molecule has 0 bridgehead atoms. The number of nitrogens with one attached hydrogen (secondary N) is 2. The molecule has 7 nitrogen and oxygen atoms in total. The molecule has 0 spiro atoms. The first-order chi connectivity index (χ1) is 12.9. The van der Waals surface area contributed by atoms with Gasteiger partial charge in [-0.1, -0.05) is 18.2 Å². The number of para-hydroxylation sites is 1. The van der Waals surface area contributed by atoms with Crippen LogP contribution < -0.4 is 10.6 Å². The zero-order valence-electron chi connectivity index (χ0n) is 16.6. The van der Waals surface area contributed by atoms with Gasteiger partial charge in [-0.25, -0.2) is 12.7 Å². The van der Waals surface area contributed by atoms with E-state index in [9.17, 15) is 8.42 Å². The molecule has 0 aliphatic carbocycles. The Hall–Kier alpha value is -1.33. The van der Waals surface area contributed by atoms with Crippen molar-refractivity contribution in [1.29, 1.82) is 0 Å². The van der Waals surface area contributed by atoms with Crippen LogP contribution in [0.2, 0.25) is 0 Å². The van der Waals surface area contributed by atoms with Gasteiger partial charge in [0, 0.05) is 37.6 Å². The average Bonchev–Trinajstić information content (AvgIpc) is 2.98. The van der Waals surface area contributed by atoms with Crippen LogP contribution in [0.4, 0.5) is 0 Å². The van der Waals surface area contributed by atoms with E-state index in [0.717, 1.165) is 47.6 Å². The monoisotopic (exact) mass is 520 g/mol. The fourth-order valence-electron chi connectivity index (χ4n) is 3.46. The Balaban J connectivity index is 0.00000280. The Morgan fingerprint density at radius 3 is 2.54 bits per heavy atom. The molecule has 1 aromatic carbocycles. The van der Waals surface area contributed by atoms with Crippen LogP contribution in [-0.4, -0.2) is 51.6 Å². The minimum atomic E-state index is -3.07. The lowest BCUT2D eigenvalue weighted by molar-refractivity contribution is 0.274. The molecule has 0 unspecified atom stereocenters. The van der Waals surface area contributed by atoms with E-state index in [4.69, 9.17) is 4.42 Å². The summed E-state index contributed by atoms with van der Waals surface area (Å²) in [4.78, 5) is 4.27. The predicted octanol–water partition coefficient (Wildman–Crippen LogP) is 2.70. The normalized spacial score (nSPS) is 16.8. The minimum Gasteiger partial charge on any atom is -0.459 e. The predicted molar refractivity (Wildman–Crippen MR) is 124 cm³/mol. The lowest BCUT2D eigenvalue weighted by Crippen LogP contribution is -2.43. The number of benzene rings is 1. The molecule has 28 heavy (non-hydrogen) atoms. The third-order valence-corrected chi connectivity index (χ3v) is 6.49. The smallest absolute Gasteiger partial charge is 0.211 e. The number of aliphatic imine (C=N–C) groups is 1. The Morgan fingerprint density at radius 2 is 1.93 bits per heavy atom. The summed E-state index contributed by atoms with van der Waals surface area (Å²) in [6.07, 6.45) is 3.00. The van der Waals surface area contributed by atoms with Crippen LogP contribution in [0.15, 0.2) is 33.7 Å². The lowest BCUT2D eigenvalue weighted by Gasteiger charge is -2.30. The number of hydrogen-bond acceptors (Lipinski definition) is 4. The molecule has 0 amide bonds. The number of guanidine groups is 1. The third kappa shape index (κ3) is 5.60. The number of fused-ring (bicyclic) bond motifs is 1. The molecule has 2 N–H and O–H groups in total. The number of hydrogen-bond donors (Lipinski definition) is 2. The first-order valence-corrected chi connectivity index (χ1v) is 11.1. The maximum absolute atomic E-state index is 11.6. The summed E-state index contributed by atoms with van der Waals surface area (Å²) in [5, 5.41) is 7.78. The second-order valence-electron chi connectivity index (χ2n) is 7.06. The number of sulfonamides is 1. The van der Waals surface area contributed by atoms with Crippen molar-refractivity contribution in [2.45, 2.75) is 26.3 Å². The molecule has 1 fully saturated rings. The Labute approximate surface area is 184 Å². The van der Waals surface area contributed by atoms with Gasteiger partial charge in [-0.2, -0.15) is 0 Å². The summed E-state index contributed by atoms with van der Waals surface area (Å²) in [7, 11) is -1.33. The molecule has 9 heteroatoms. The SMILES string of the molecule is CN=C(NCc1oc2ccccc2c1C)NCC1CCN(S(C)(=O)=O)CC1.I. The van der Waals surface area contributed by atoms with Gasteiger partial charge in [0.15, 0.2) is 5.96 Å². The van der Waals surface area contributed by atoms with E-state index < -0.39 is 10.0 Å². The van der Waals surface area contributed by atoms with Gasteiger partial charge in [0.2, 0.25) is 10.0 Å². The van der Waals surface area contributed by atoms with Crippen molar-refractivity contribution in [3.8, 4) is 0 Å². The molecule has 1 saturated heterocycles. The van der Waals surface area contributed by atoms with Crippen LogP contribution in [0, 0.1) is 12.8 Å². The number of furan rings is 1. The van der Waals surface area contributed by atoms with Crippen molar-refractivity contribution < 1.29 is 12.8 Å². The van der Waals surface area contributed by atoms with Gasteiger partial charge in [-0.3, -0.25) is 4.99 Å². The van der Waals surface area contributed by atoms with Crippen molar-refractivity contribution in [2.75, 3.05) is 32.9 Å². The zero-order chi connectivity index (χ0) is 19.4. The van der Waals surface area contributed by atoms with Crippen LogP contribution in [0.25, 0.3) is 11.0 Å². The van der Waals surface area contributed by atoms with Crippen molar-refractivity contribution in [3.63, 3.8) is 0 Å². The average molecular weight is 520 g/mol. The molecule has 156 valence electrons. The summed E-state index contributed by atoms with van der Waals surface area (Å²) in [6.45, 7) is 4.59. The van der Waals surface area contributed by atoms with Gasteiger partial charge in [0.1, 0.15) is 11.3 Å². The first-order valence-electron chi connectivity index (χ1n) is 9.25. The minimum absolute atomic E-state index is 0. The van der Waals surface area contributed by atoms with Crippen LogP contribution in [0.1, 0.15) is 24.2 Å². The summed E-state index contributed by atoms with van der Waals surface area (Å²) in [5.74, 6) is 2.07. The molecule has 0 saturated carbocycles. The maximum Gasteiger partial charge on any atom is 0.211 e. The quantitative estimate of drug-likeness (QED) is 0.360. The number of nitrogens with zero attached hydrogens (tertiary/aromatic N) is 2. The van der Waals surface area contributed by atoms with Gasteiger partial charge in [-0.15, -0.1) is 24.0 Å². The van der Waals surface area contributed by atoms with Gasteiger partial charge >= 0.3 is 0 Å². The Bertz CT molecular complexity index is 918. The second-order valence-corrected chi connectivity index (χ2v) is 9.04. The number of rotatable bonds is 5. The molecule has 3 rings (SSSR count).